The number of hydrogen-bond donors (Lipinski definition) is 0. The second kappa shape index (κ2) is 9.56. The number of benzene rings is 1. The third-order valence-corrected chi connectivity index (χ3v) is 5.79. The first-order chi connectivity index (χ1) is 13.0. The van der Waals surface area contributed by atoms with E-state index in [1.807, 2.05) is 10.7 Å². The summed E-state index contributed by atoms with van der Waals surface area (Å²) in [6, 6.07) is 8.55. The van der Waals surface area contributed by atoms with Gasteiger partial charge in [0.05, 0.1) is 18.7 Å². The third-order valence-electron chi connectivity index (χ3n) is 5.79. The number of nitrogens with zero attached hydrogens (tertiary/aromatic N) is 6. The van der Waals surface area contributed by atoms with Crippen molar-refractivity contribution >= 4 is 18.1 Å². The van der Waals surface area contributed by atoms with Gasteiger partial charge in [-0.25, -0.2) is 4.68 Å². The van der Waals surface area contributed by atoms with Gasteiger partial charge >= 0.3 is 0 Å². The lowest BCUT2D eigenvalue weighted by Gasteiger charge is -2.40. The van der Waals surface area contributed by atoms with Gasteiger partial charge in [0, 0.05) is 37.9 Å². The highest BCUT2D eigenvalue weighted by Gasteiger charge is 2.32. The van der Waals surface area contributed by atoms with Crippen LogP contribution >= 0.6 is 12.4 Å². The number of halogens is 1. The van der Waals surface area contributed by atoms with Crippen molar-refractivity contribution in [3.05, 3.63) is 30.1 Å². The fraction of sp³-hybridized carbons (Fsp3) is 0.650. The van der Waals surface area contributed by atoms with E-state index in [2.05, 4.69) is 71.2 Å². The summed E-state index contributed by atoms with van der Waals surface area (Å²) < 4.78 is 7.39. The van der Waals surface area contributed by atoms with Crippen LogP contribution in [0.1, 0.15) is 52.4 Å². The summed E-state index contributed by atoms with van der Waals surface area (Å²) in [6.07, 6.45) is 1.99. The van der Waals surface area contributed by atoms with Gasteiger partial charge in [-0.15, -0.1) is 17.5 Å². The van der Waals surface area contributed by atoms with Crippen LogP contribution in [0, 0.1) is 0 Å². The Bertz CT molecular complexity index is 742. The minimum Gasteiger partial charge on any atom is -0.497 e. The molecule has 2 heterocycles. The fourth-order valence-corrected chi connectivity index (χ4v) is 3.69. The van der Waals surface area contributed by atoms with Gasteiger partial charge in [-0.1, -0.05) is 19.9 Å². The van der Waals surface area contributed by atoms with Crippen molar-refractivity contribution in [2.45, 2.75) is 52.1 Å². The lowest BCUT2D eigenvalue weighted by molar-refractivity contribution is 0.158. The molecule has 1 unspecified atom stereocenters. The van der Waals surface area contributed by atoms with E-state index in [0.717, 1.165) is 50.6 Å². The number of methoxy groups -OCH3 is 1. The Hall–Kier alpha value is -1.86. The van der Waals surface area contributed by atoms with Gasteiger partial charge in [0.1, 0.15) is 5.75 Å². The van der Waals surface area contributed by atoms with Crippen molar-refractivity contribution in [3.63, 3.8) is 0 Å². The topological polar surface area (TPSA) is 59.3 Å². The number of anilines is 1. The first-order valence-electron chi connectivity index (χ1n) is 9.92. The van der Waals surface area contributed by atoms with Gasteiger partial charge < -0.3 is 9.64 Å². The minimum absolute atomic E-state index is 0. The van der Waals surface area contributed by atoms with Crippen molar-refractivity contribution in [2.24, 2.45) is 0 Å². The number of ether oxygens (including phenoxy) is 1. The molecule has 8 heteroatoms. The molecule has 0 saturated carbocycles. The van der Waals surface area contributed by atoms with Crippen LogP contribution in [0.3, 0.4) is 0 Å². The molecule has 0 bridgehead atoms. The lowest BCUT2D eigenvalue weighted by Crippen LogP contribution is -2.48. The van der Waals surface area contributed by atoms with Crippen LogP contribution in [-0.2, 0) is 5.54 Å². The van der Waals surface area contributed by atoms with Crippen LogP contribution < -0.4 is 9.64 Å². The monoisotopic (exact) mass is 408 g/mol. The Labute approximate surface area is 174 Å². The average Bonchev–Trinajstić information content (AvgIpc) is 3.19. The molecule has 0 amide bonds. The Morgan fingerprint density at radius 3 is 2.46 bits per heavy atom. The summed E-state index contributed by atoms with van der Waals surface area (Å²) >= 11 is 0. The average molecular weight is 409 g/mol. The molecule has 7 nitrogen and oxygen atoms in total. The van der Waals surface area contributed by atoms with Gasteiger partial charge in [0.25, 0.3) is 0 Å². The van der Waals surface area contributed by atoms with Gasteiger partial charge in [-0.2, -0.15) is 0 Å². The zero-order valence-electron chi connectivity index (χ0n) is 17.6. The highest BCUT2D eigenvalue weighted by molar-refractivity contribution is 5.85. The Morgan fingerprint density at radius 2 is 1.86 bits per heavy atom. The number of rotatable bonds is 7. The molecule has 156 valence electrons. The van der Waals surface area contributed by atoms with Gasteiger partial charge in [-0.3, -0.25) is 4.90 Å². The van der Waals surface area contributed by atoms with Crippen LogP contribution in [0.25, 0.3) is 0 Å². The zero-order chi connectivity index (χ0) is 19.4. The summed E-state index contributed by atoms with van der Waals surface area (Å²) in [6.45, 7) is 12.8. The summed E-state index contributed by atoms with van der Waals surface area (Å²) in [7, 11) is 1.71. The van der Waals surface area contributed by atoms with Crippen LogP contribution in [0.5, 0.6) is 5.75 Å². The number of hydrogen-bond acceptors (Lipinski definition) is 6. The Kier molecular flexibility index (Phi) is 7.66. The molecule has 1 aliphatic heterocycles. The highest BCUT2D eigenvalue weighted by atomic mass is 35.5. The van der Waals surface area contributed by atoms with Crippen molar-refractivity contribution in [1.82, 2.24) is 25.1 Å². The predicted molar refractivity (Wildman–Crippen MR) is 114 cm³/mol. The minimum atomic E-state index is -0.0747. The number of tetrazole rings is 1. The molecule has 1 aromatic heterocycles. The molecular weight excluding hydrogens is 376 g/mol. The van der Waals surface area contributed by atoms with E-state index in [9.17, 15) is 0 Å². The van der Waals surface area contributed by atoms with E-state index < -0.39 is 0 Å². The van der Waals surface area contributed by atoms with E-state index in [4.69, 9.17) is 4.74 Å². The molecular formula is C20H33ClN6O. The van der Waals surface area contributed by atoms with Gasteiger partial charge in [0.2, 0.25) is 0 Å². The predicted octanol–water partition coefficient (Wildman–Crippen LogP) is 3.52. The smallest absolute Gasteiger partial charge is 0.168 e. The number of piperazine rings is 1. The largest absolute Gasteiger partial charge is 0.497 e. The first kappa shape index (κ1) is 22.4. The molecule has 1 saturated heterocycles. The molecule has 1 aromatic carbocycles. The lowest BCUT2D eigenvalue weighted by atomic mass is 10.0. The molecule has 0 N–H and O–H groups in total. The van der Waals surface area contributed by atoms with Crippen LogP contribution in [0.15, 0.2) is 24.3 Å². The van der Waals surface area contributed by atoms with Crippen molar-refractivity contribution in [1.29, 1.82) is 0 Å². The molecule has 3 rings (SSSR count). The summed E-state index contributed by atoms with van der Waals surface area (Å²) in [5.41, 5.74) is 1.15. The van der Waals surface area contributed by atoms with E-state index >= 15 is 0 Å². The van der Waals surface area contributed by atoms with E-state index in [1.165, 1.54) is 5.69 Å². The van der Waals surface area contributed by atoms with E-state index in [1.54, 1.807) is 7.11 Å². The molecule has 0 spiro atoms. The molecule has 1 fully saturated rings. The van der Waals surface area contributed by atoms with Crippen LogP contribution in [-0.4, -0.2) is 58.4 Å². The highest BCUT2D eigenvalue weighted by Crippen LogP contribution is 2.29. The second-order valence-corrected chi connectivity index (χ2v) is 7.76. The normalized spacial score (nSPS) is 16.5. The van der Waals surface area contributed by atoms with E-state index in [-0.39, 0.29) is 24.0 Å². The summed E-state index contributed by atoms with van der Waals surface area (Å²) in [5, 5.41) is 12.7. The molecule has 1 atom stereocenters. The van der Waals surface area contributed by atoms with Crippen molar-refractivity contribution in [2.75, 3.05) is 38.2 Å². The fourth-order valence-electron chi connectivity index (χ4n) is 3.69. The molecule has 0 aliphatic carbocycles. The number of aromatic nitrogens is 4. The second-order valence-electron chi connectivity index (χ2n) is 7.76. The van der Waals surface area contributed by atoms with Crippen LogP contribution in [0.4, 0.5) is 5.69 Å². The first-order valence-corrected chi connectivity index (χ1v) is 9.92. The summed E-state index contributed by atoms with van der Waals surface area (Å²) in [4.78, 5) is 4.94. The van der Waals surface area contributed by atoms with E-state index in [0.29, 0.717) is 0 Å². The maximum Gasteiger partial charge on any atom is 0.168 e. The zero-order valence-corrected chi connectivity index (χ0v) is 18.4. The van der Waals surface area contributed by atoms with Crippen molar-refractivity contribution < 1.29 is 4.74 Å². The van der Waals surface area contributed by atoms with Gasteiger partial charge in [0.15, 0.2) is 5.82 Å². The Morgan fingerprint density at radius 1 is 1.14 bits per heavy atom. The quantitative estimate of drug-likeness (QED) is 0.698. The van der Waals surface area contributed by atoms with Crippen molar-refractivity contribution in [3.8, 4) is 5.75 Å². The molecule has 1 aliphatic rings. The third kappa shape index (κ3) is 4.58. The van der Waals surface area contributed by atoms with Gasteiger partial charge in [-0.05, 0) is 49.2 Å². The molecule has 2 aromatic rings. The maximum absolute atomic E-state index is 5.36. The Balaban J connectivity index is 0.00000280. The molecule has 28 heavy (non-hydrogen) atoms. The standard InChI is InChI=1S/C20H32N6O.ClH/c1-6-18(19-21-22-23-26(19)20(3,4)7-2)25-13-11-24(12-14-25)16-9-8-10-17(15-16)27-5;/h8-10,15,18H,6-7,11-14H2,1-5H3;1H. The summed E-state index contributed by atoms with van der Waals surface area (Å²) in [5.74, 6) is 1.89. The SMILES string of the molecule is CCC(c1nnnn1C(C)(C)CC)N1CCN(c2cccc(OC)c2)CC1.Cl. The maximum atomic E-state index is 5.36. The van der Waals surface area contributed by atoms with Crippen LogP contribution in [0.2, 0.25) is 0 Å². The molecule has 0 radical (unpaired) electrons.